The average Bonchev–Trinajstić information content (AvgIpc) is 3.35. The minimum Gasteiger partial charge on any atom is -0.488 e. The van der Waals surface area contributed by atoms with E-state index >= 15 is 0 Å². The molecule has 3 aromatic carbocycles. The molecule has 0 saturated carbocycles. The van der Waals surface area contributed by atoms with Gasteiger partial charge in [-0.25, -0.2) is 8.42 Å². The van der Waals surface area contributed by atoms with Crippen LogP contribution in [0.4, 0.5) is 18.9 Å². The largest absolute Gasteiger partial charge is 0.488 e. The molecule has 0 aliphatic carbocycles. The molecule has 1 saturated heterocycles. The zero-order valence-corrected chi connectivity index (χ0v) is 19.7. The summed E-state index contributed by atoms with van der Waals surface area (Å²) < 4.78 is 76.7. The SMILES string of the molecule is CN1CC[C@@H](Oc2cc(NS(=O)(=O)c3ccc4c(c3)sc3ccccc34)ccc2C(F)(F)F)C1. The third-order valence-electron chi connectivity index (χ3n) is 5.84. The molecule has 0 amide bonds. The van der Waals surface area contributed by atoms with Crippen molar-refractivity contribution in [2.45, 2.75) is 23.6 Å². The minimum atomic E-state index is -4.62. The lowest BCUT2D eigenvalue weighted by Crippen LogP contribution is -2.23. The Hall–Kier alpha value is -2.82. The van der Waals surface area contributed by atoms with E-state index in [4.69, 9.17) is 4.74 Å². The van der Waals surface area contributed by atoms with Crippen LogP contribution in [0.2, 0.25) is 0 Å². The molecule has 1 aromatic heterocycles. The molecule has 5 nitrogen and oxygen atoms in total. The minimum absolute atomic E-state index is 0.00536. The zero-order chi connectivity index (χ0) is 24.1. The Kier molecular flexibility index (Phi) is 5.70. The fourth-order valence-corrected chi connectivity index (χ4v) is 6.47. The summed E-state index contributed by atoms with van der Waals surface area (Å²) in [5.41, 5.74) is -0.928. The molecule has 4 aromatic rings. The molecule has 1 atom stereocenters. The van der Waals surface area contributed by atoms with Crippen LogP contribution in [0.25, 0.3) is 20.2 Å². The number of hydrogen-bond acceptors (Lipinski definition) is 5. The van der Waals surface area contributed by atoms with E-state index in [0.29, 0.717) is 13.0 Å². The first-order valence-corrected chi connectivity index (χ1v) is 12.9. The van der Waals surface area contributed by atoms with Gasteiger partial charge >= 0.3 is 6.18 Å². The quantitative estimate of drug-likeness (QED) is 0.363. The number of nitrogens with zero attached hydrogens (tertiary/aromatic N) is 1. The Labute approximate surface area is 198 Å². The lowest BCUT2D eigenvalue weighted by atomic mass is 10.1. The Morgan fingerprint density at radius 2 is 1.79 bits per heavy atom. The summed E-state index contributed by atoms with van der Waals surface area (Å²) in [4.78, 5) is 2.00. The number of fused-ring (bicyclic) bond motifs is 3. The number of likely N-dealkylation sites (N-methyl/N-ethyl adjacent to an activating group) is 1. The third kappa shape index (κ3) is 4.45. The van der Waals surface area contributed by atoms with Gasteiger partial charge in [0.05, 0.1) is 16.1 Å². The smallest absolute Gasteiger partial charge is 0.419 e. The number of thiophene rings is 1. The molecule has 1 N–H and O–H groups in total. The van der Waals surface area contributed by atoms with Crippen molar-refractivity contribution < 1.29 is 26.3 Å². The van der Waals surface area contributed by atoms with E-state index in [9.17, 15) is 21.6 Å². The van der Waals surface area contributed by atoms with Crippen LogP contribution in [0.1, 0.15) is 12.0 Å². The summed E-state index contributed by atoms with van der Waals surface area (Å²) in [6.45, 7) is 1.22. The number of benzene rings is 3. The van der Waals surface area contributed by atoms with Gasteiger partial charge in [-0.05, 0) is 43.8 Å². The van der Waals surface area contributed by atoms with Gasteiger partial charge in [0.15, 0.2) is 0 Å². The number of hydrogen-bond donors (Lipinski definition) is 1. The Morgan fingerprint density at radius 3 is 2.53 bits per heavy atom. The molecule has 0 bridgehead atoms. The predicted octanol–water partition coefficient (Wildman–Crippen LogP) is 5.96. The molecule has 1 fully saturated rings. The van der Waals surface area contributed by atoms with E-state index in [2.05, 4.69) is 4.72 Å². The van der Waals surface area contributed by atoms with Crippen molar-refractivity contribution in [1.82, 2.24) is 4.90 Å². The van der Waals surface area contributed by atoms with Crippen molar-refractivity contribution in [3.63, 3.8) is 0 Å². The molecule has 2 heterocycles. The van der Waals surface area contributed by atoms with Crippen LogP contribution in [-0.4, -0.2) is 39.6 Å². The highest BCUT2D eigenvalue weighted by Gasteiger charge is 2.36. The Morgan fingerprint density at radius 1 is 1.03 bits per heavy atom. The molecule has 0 spiro atoms. The predicted molar refractivity (Wildman–Crippen MR) is 128 cm³/mol. The molecule has 0 unspecified atom stereocenters. The number of sulfonamides is 1. The monoisotopic (exact) mass is 506 g/mol. The van der Waals surface area contributed by atoms with Gasteiger partial charge in [0.2, 0.25) is 0 Å². The van der Waals surface area contributed by atoms with Gasteiger partial charge in [-0.1, -0.05) is 24.3 Å². The number of likely N-dealkylation sites (tertiary alicyclic amines) is 1. The Bertz CT molecular complexity index is 1480. The van der Waals surface area contributed by atoms with Gasteiger partial charge in [-0.2, -0.15) is 13.2 Å². The van der Waals surface area contributed by atoms with E-state index < -0.39 is 27.9 Å². The summed E-state index contributed by atoms with van der Waals surface area (Å²) in [6.07, 6.45) is -4.42. The van der Waals surface area contributed by atoms with E-state index in [-0.39, 0.29) is 16.3 Å². The normalized spacial score (nSPS) is 17.5. The molecule has 1 aliphatic rings. The van der Waals surface area contributed by atoms with Gasteiger partial charge in [-0.3, -0.25) is 4.72 Å². The lowest BCUT2D eigenvalue weighted by Gasteiger charge is -2.19. The molecule has 5 rings (SSSR count). The highest BCUT2D eigenvalue weighted by atomic mass is 32.2. The van der Waals surface area contributed by atoms with Crippen molar-refractivity contribution in [3.8, 4) is 5.75 Å². The zero-order valence-electron chi connectivity index (χ0n) is 18.1. The molecular weight excluding hydrogens is 485 g/mol. The second kappa shape index (κ2) is 8.44. The van der Waals surface area contributed by atoms with Gasteiger partial charge in [0.1, 0.15) is 11.9 Å². The number of anilines is 1. The molecule has 0 radical (unpaired) electrons. The fraction of sp³-hybridized carbons (Fsp3) is 0.250. The molecule has 178 valence electrons. The summed E-state index contributed by atoms with van der Waals surface area (Å²) in [5, 5.41) is 1.99. The highest BCUT2D eigenvalue weighted by Crippen LogP contribution is 2.39. The van der Waals surface area contributed by atoms with Crippen molar-refractivity contribution in [3.05, 3.63) is 66.2 Å². The number of ether oxygens (including phenoxy) is 1. The van der Waals surface area contributed by atoms with Crippen molar-refractivity contribution in [2.24, 2.45) is 0 Å². The van der Waals surface area contributed by atoms with Gasteiger partial charge < -0.3 is 9.64 Å². The summed E-state index contributed by atoms with van der Waals surface area (Å²) in [7, 11) is -2.16. The third-order valence-corrected chi connectivity index (χ3v) is 8.35. The van der Waals surface area contributed by atoms with Crippen LogP contribution >= 0.6 is 11.3 Å². The van der Waals surface area contributed by atoms with E-state index in [1.54, 1.807) is 12.1 Å². The number of alkyl halides is 3. The number of rotatable bonds is 5. The van der Waals surface area contributed by atoms with Crippen LogP contribution in [0.3, 0.4) is 0 Å². The number of nitrogens with one attached hydrogen (secondary N) is 1. The summed E-state index contributed by atoms with van der Waals surface area (Å²) in [5.74, 6) is -0.382. The van der Waals surface area contributed by atoms with Gasteiger partial charge in [0.25, 0.3) is 10.0 Å². The molecular formula is C24H21F3N2O3S2. The highest BCUT2D eigenvalue weighted by molar-refractivity contribution is 7.92. The van der Waals surface area contributed by atoms with Crippen molar-refractivity contribution in [1.29, 1.82) is 0 Å². The van der Waals surface area contributed by atoms with Gasteiger partial charge in [0, 0.05) is 39.3 Å². The first-order chi connectivity index (χ1) is 16.1. The number of halogens is 3. The van der Waals surface area contributed by atoms with Gasteiger partial charge in [-0.15, -0.1) is 11.3 Å². The maximum absolute atomic E-state index is 13.5. The fourth-order valence-electron chi connectivity index (χ4n) is 4.18. The van der Waals surface area contributed by atoms with Crippen molar-refractivity contribution in [2.75, 3.05) is 24.9 Å². The maximum Gasteiger partial charge on any atom is 0.419 e. The molecule has 1 aliphatic heterocycles. The first-order valence-electron chi connectivity index (χ1n) is 10.6. The second-order valence-electron chi connectivity index (χ2n) is 8.36. The van der Waals surface area contributed by atoms with E-state index in [0.717, 1.165) is 44.9 Å². The van der Waals surface area contributed by atoms with Crippen LogP contribution in [0.5, 0.6) is 5.75 Å². The van der Waals surface area contributed by atoms with Crippen LogP contribution < -0.4 is 9.46 Å². The van der Waals surface area contributed by atoms with E-state index in [1.807, 2.05) is 36.2 Å². The van der Waals surface area contributed by atoms with E-state index in [1.165, 1.54) is 17.4 Å². The molecule has 34 heavy (non-hydrogen) atoms. The second-order valence-corrected chi connectivity index (χ2v) is 11.1. The summed E-state index contributed by atoms with van der Waals surface area (Å²) >= 11 is 1.48. The van der Waals surface area contributed by atoms with Crippen LogP contribution in [0.15, 0.2) is 65.6 Å². The summed E-state index contributed by atoms with van der Waals surface area (Å²) in [6, 6.07) is 15.7. The van der Waals surface area contributed by atoms with Crippen LogP contribution in [-0.2, 0) is 16.2 Å². The first kappa shape index (κ1) is 22.9. The maximum atomic E-state index is 13.5. The topological polar surface area (TPSA) is 58.6 Å². The average molecular weight is 507 g/mol. The lowest BCUT2D eigenvalue weighted by molar-refractivity contribution is -0.139. The Balaban J connectivity index is 1.46. The van der Waals surface area contributed by atoms with Crippen molar-refractivity contribution >= 4 is 47.2 Å². The standard InChI is InChI=1S/C24H21F3N2O3S2/c1-29-11-10-16(14-29)32-21-12-15(6-9-20(21)24(25,26)27)28-34(30,31)17-7-8-19-18-4-2-3-5-22(18)33-23(19)13-17/h2-9,12-13,16,28H,10-11,14H2,1H3/t16-/m1/s1. The van der Waals surface area contributed by atoms with Crippen LogP contribution in [0, 0.1) is 0 Å². The molecule has 10 heteroatoms.